The Morgan fingerprint density at radius 1 is 1.00 bits per heavy atom. The lowest BCUT2D eigenvalue weighted by Crippen LogP contribution is -1.90. The highest BCUT2D eigenvalue weighted by Crippen LogP contribution is 2.14. The molecule has 1 aromatic rings. The summed E-state index contributed by atoms with van der Waals surface area (Å²) >= 11 is 0. The smallest absolute Gasteiger partial charge is 0.178 e. The molecule has 0 heterocycles. The van der Waals surface area contributed by atoms with Crippen molar-refractivity contribution >= 4 is 11.4 Å². The first-order chi connectivity index (χ1) is 7.49. The molecule has 0 radical (unpaired) electrons. The molecule has 0 aliphatic rings. The molecule has 0 atom stereocenters. The van der Waals surface area contributed by atoms with Crippen molar-refractivity contribution in [2.24, 2.45) is 0 Å². The molecule has 0 fully saturated rings. The summed E-state index contributed by atoms with van der Waals surface area (Å²) in [6.45, 7) is 7.86. The van der Waals surface area contributed by atoms with Gasteiger partial charge in [0.1, 0.15) is 0 Å². The van der Waals surface area contributed by atoms with Crippen LogP contribution in [-0.4, -0.2) is 5.78 Å². The summed E-state index contributed by atoms with van der Waals surface area (Å²) in [5.74, 6) is 0.0538. The fourth-order valence-corrected chi connectivity index (χ4v) is 1.44. The Bertz CT molecular complexity index is 429. The summed E-state index contributed by atoms with van der Waals surface area (Å²) in [7, 11) is 0. The van der Waals surface area contributed by atoms with Crippen molar-refractivity contribution < 1.29 is 4.79 Å². The van der Waals surface area contributed by atoms with Gasteiger partial charge in [-0.25, -0.2) is 0 Å². The molecule has 0 aromatic heterocycles. The summed E-state index contributed by atoms with van der Waals surface area (Å²) in [5, 5.41) is 0. The maximum atomic E-state index is 11.6. The van der Waals surface area contributed by atoms with Crippen LogP contribution in [0.4, 0.5) is 0 Å². The van der Waals surface area contributed by atoms with Gasteiger partial charge in [0, 0.05) is 0 Å². The van der Waals surface area contributed by atoms with Gasteiger partial charge in [-0.15, -0.1) is 0 Å². The molecule has 0 spiro atoms. The van der Waals surface area contributed by atoms with Crippen LogP contribution in [0.2, 0.25) is 0 Å². The highest BCUT2D eigenvalue weighted by atomic mass is 16.1. The molecule has 1 aromatic carbocycles. The normalized spacial score (nSPS) is 11.1. The maximum absolute atomic E-state index is 11.6. The second-order valence-corrected chi connectivity index (χ2v) is 4.32. The molecule has 0 unspecified atom stereocenters. The quantitative estimate of drug-likeness (QED) is 0.697. The van der Waals surface area contributed by atoms with Gasteiger partial charge < -0.3 is 0 Å². The van der Waals surface area contributed by atoms with Gasteiger partial charge in [0.15, 0.2) is 5.78 Å². The van der Waals surface area contributed by atoms with Crippen LogP contribution in [-0.2, 0) is 4.79 Å². The first kappa shape index (κ1) is 12.4. The Morgan fingerprint density at radius 2 is 1.56 bits per heavy atom. The summed E-state index contributed by atoms with van der Waals surface area (Å²) in [4.78, 5) is 11.6. The molecule has 1 nitrogen and oxygen atoms in total. The third kappa shape index (κ3) is 3.85. The van der Waals surface area contributed by atoms with E-state index in [4.69, 9.17) is 0 Å². The Labute approximate surface area is 97.5 Å². The van der Waals surface area contributed by atoms with E-state index in [1.807, 2.05) is 32.9 Å². The number of aryl methyl sites for hydroxylation is 1. The van der Waals surface area contributed by atoms with Crippen LogP contribution >= 0.6 is 0 Å². The average Bonchev–Trinajstić information content (AvgIpc) is 2.16. The number of carbonyl (C=O) groups excluding carboxylic acids is 1. The van der Waals surface area contributed by atoms with Gasteiger partial charge in [-0.2, -0.15) is 0 Å². The molecule has 0 aliphatic carbocycles. The van der Waals surface area contributed by atoms with Crippen molar-refractivity contribution in [1.29, 1.82) is 0 Å². The zero-order chi connectivity index (χ0) is 12.1. The van der Waals surface area contributed by atoms with E-state index in [1.54, 1.807) is 12.2 Å². The van der Waals surface area contributed by atoms with Crippen LogP contribution in [0, 0.1) is 6.92 Å². The lowest BCUT2D eigenvalue weighted by Gasteiger charge is -2.01. The fraction of sp³-hybridized carbons (Fsp3) is 0.267. The molecule has 1 rings (SSSR count). The van der Waals surface area contributed by atoms with Crippen molar-refractivity contribution in [3.8, 4) is 0 Å². The number of ketones is 1. The molecule has 0 amide bonds. The predicted molar refractivity (Wildman–Crippen MR) is 69.3 cm³/mol. The third-order valence-electron chi connectivity index (χ3n) is 2.30. The van der Waals surface area contributed by atoms with Crippen molar-refractivity contribution in [3.63, 3.8) is 0 Å². The van der Waals surface area contributed by atoms with Crippen molar-refractivity contribution in [1.82, 2.24) is 0 Å². The molecule has 0 saturated heterocycles. The fourth-order valence-electron chi connectivity index (χ4n) is 1.44. The summed E-state index contributed by atoms with van der Waals surface area (Å²) < 4.78 is 0. The minimum atomic E-state index is 0.0538. The lowest BCUT2D eigenvalue weighted by atomic mass is 10.0. The lowest BCUT2D eigenvalue weighted by molar-refractivity contribution is -0.110. The first-order valence-electron chi connectivity index (χ1n) is 5.43. The van der Waals surface area contributed by atoms with Crippen LogP contribution in [0.3, 0.4) is 0 Å². The second-order valence-electron chi connectivity index (χ2n) is 4.32. The van der Waals surface area contributed by atoms with Crippen LogP contribution in [0.15, 0.2) is 42.0 Å². The molecule has 0 aliphatic heterocycles. The zero-order valence-electron chi connectivity index (χ0n) is 10.4. The van der Waals surface area contributed by atoms with E-state index in [1.165, 1.54) is 5.56 Å². The first-order valence-corrected chi connectivity index (χ1v) is 5.43. The SMILES string of the molecule is CC(C)=CC(=O)/C=C(/C)c1ccc(C)cc1. The Kier molecular flexibility index (Phi) is 4.24. The molecular weight excluding hydrogens is 196 g/mol. The van der Waals surface area contributed by atoms with E-state index in [-0.39, 0.29) is 5.78 Å². The summed E-state index contributed by atoms with van der Waals surface area (Å²) in [5.41, 5.74) is 4.36. The van der Waals surface area contributed by atoms with Gasteiger partial charge in [0.25, 0.3) is 0 Å². The Hall–Kier alpha value is -1.63. The molecule has 1 heteroatoms. The van der Waals surface area contributed by atoms with Crippen LogP contribution in [0.1, 0.15) is 31.9 Å². The Balaban J connectivity index is 2.89. The van der Waals surface area contributed by atoms with E-state index < -0.39 is 0 Å². The van der Waals surface area contributed by atoms with Gasteiger partial charge in [-0.05, 0) is 51.0 Å². The summed E-state index contributed by atoms with van der Waals surface area (Å²) in [6, 6.07) is 8.18. The number of hydrogen-bond acceptors (Lipinski definition) is 1. The molecule has 84 valence electrons. The van der Waals surface area contributed by atoms with Gasteiger partial charge in [0.05, 0.1) is 0 Å². The van der Waals surface area contributed by atoms with Gasteiger partial charge in [-0.3, -0.25) is 4.79 Å². The molecule has 0 bridgehead atoms. The van der Waals surface area contributed by atoms with E-state index in [0.717, 1.165) is 16.7 Å². The minimum absolute atomic E-state index is 0.0538. The van der Waals surface area contributed by atoms with Crippen LogP contribution in [0.25, 0.3) is 5.57 Å². The predicted octanol–water partition coefficient (Wildman–Crippen LogP) is 3.93. The maximum Gasteiger partial charge on any atom is 0.178 e. The minimum Gasteiger partial charge on any atom is -0.290 e. The van der Waals surface area contributed by atoms with Gasteiger partial charge in [0.2, 0.25) is 0 Å². The monoisotopic (exact) mass is 214 g/mol. The van der Waals surface area contributed by atoms with Crippen molar-refractivity contribution in [2.75, 3.05) is 0 Å². The topological polar surface area (TPSA) is 17.1 Å². The number of hydrogen-bond donors (Lipinski definition) is 0. The standard InChI is InChI=1S/C15H18O/c1-11(2)9-15(16)10-13(4)14-7-5-12(3)6-8-14/h5-10H,1-4H3/b13-10-. The van der Waals surface area contributed by atoms with E-state index >= 15 is 0 Å². The van der Waals surface area contributed by atoms with Crippen LogP contribution < -0.4 is 0 Å². The number of allylic oxidation sites excluding steroid dienone is 4. The molecular formula is C15H18O. The van der Waals surface area contributed by atoms with Gasteiger partial charge in [-0.1, -0.05) is 35.4 Å². The van der Waals surface area contributed by atoms with Crippen LogP contribution in [0.5, 0.6) is 0 Å². The average molecular weight is 214 g/mol. The van der Waals surface area contributed by atoms with E-state index in [0.29, 0.717) is 0 Å². The van der Waals surface area contributed by atoms with Gasteiger partial charge >= 0.3 is 0 Å². The number of benzene rings is 1. The highest BCUT2D eigenvalue weighted by Gasteiger charge is 1.98. The number of rotatable bonds is 3. The van der Waals surface area contributed by atoms with Crippen molar-refractivity contribution in [3.05, 3.63) is 53.1 Å². The Morgan fingerprint density at radius 3 is 2.06 bits per heavy atom. The summed E-state index contributed by atoms with van der Waals surface area (Å²) in [6.07, 6.45) is 3.33. The van der Waals surface area contributed by atoms with E-state index in [2.05, 4.69) is 19.1 Å². The number of carbonyl (C=O) groups is 1. The zero-order valence-corrected chi connectivity index (χ0v) is 10.4. The van der Waals surface area contributed by atoms with Crippen molar-refractivity contribution in [2.45, 2.75) is 27.7 Å². The second kappa shape index (κ2) is 5.45. The highest BCUT2D eigenvalue weighted by molar-refractivity contribution is 6.04. The molecule has 16 heavy (non-hydrogen) atoms. The molecule has 0 saturated carbocycles. The largest absolute Gasteiger partial charge is 0.290 e. The molecule has 0 N–H and O–H groups in total. The van der Waals surface area contributed by atoms with E-state index in [9.17, 15) is 4.79 Å². The third-order valence-corrected chi connectivity index (χ3v) is 2.30.